The average molecular weight is 262 g/mol. The zero-order chi connectivity index (χ0) is 13.5. The second-order valence-electron chi connectivity index (χ2n) is 4.70. The molecule has 3 heteroatoms. The van der Waals surface area contributed by atoms with Gasteiger partial charge in [-0.15, -0.1) is 0 Å². The van der Waals surface area contributed by atoms with Crippen molar-refractivity contribution >= 4 is 21.9 Å². The highest BCUT2D eigenvalue weighted by Crippen LogP contribution is 2.30. The number of benzene rings is 2. The molecule has 0 unspecified atom stereocenters. The summed E-state index contributed by atoms with van der Waals surface area (Å²) in [5.74, 6) is -0.234. The molecular formula is C17H11FN2. The first-order valence-corrected chi connectivity index (χ1v) is 6.45. The van der Waals surface area contributed by atoms with Crippen LogP contribution in [0.2, 0.25) is 0 Å². The minimum absolute atomic E-state index is 0.234. The Balaban J connectivity index is 2.17. The first kappa shape index (κ1) is 11.2. The molecule has 0 saturated carbocycles. The summed E-state index contributed by atoms with van der Waals surface area (Å²) in [7, 11) is 0. The van der Waals surface area contributed by atoms with Gasteiger partial charge in [0, 0.05) is 22.7 Å². The highest BCUT2D eigenvalue weighted by Gasteiger charge is 2.11. The molecule has 0 atom stereocenters. The van der Waals surface area contributed by atoms with Crippen LogP contribution in [0.3, 0.4) is 0 Å². The number of rotatable bonds is 1. The number of aromatic nitrogens is 2. The molecular weight excluding hydrogens is 251 g/mol. The standard InChI is InChI=1S/C17H11FN2/c18-12-7-9-13(10-8-12)20-16-6-2-1-4-14(16)15-5-3-11-19-17(15)20/h1-11H. The second kappa shape index (κ2) is 4.17. The number of pyridine rings is 1. The van der Waals surface area contributed by atoms with Crippen molar-refractivity contribution in [2.75, 3.05) is 0 Å². The second-order valence-corrected chi connectivity index (χ2v) is 4.70. The Hall–Kier alpha value is -2.68. The van der Waals surface area contributed by atoms with Crippen molar-refractivity contribution in [1.29, 1.82) is 0 Å². The van der Waals surface area contributed by atoms with E-state index < -0.39 is 0 Å². The van der Waals surface area contributed by atoms with Crippen LogP contribution in [0.1, 0.15) is 0 Å². The van der Waals surface area contributed by atoms with Gasteiger partial charge in [0.05, 0.1) is 5.52 Å². The molecule has 2 aromatic heterocycles. The highest BCUT2D eigenvalue weighted by atomic mass is 19.1. The molecule has 2 nitrogen and oxygen atoms in total. The topological polar surface area (TPSA) is 17.8 Å². The van der Waals surface area contributed by atoms with Gasteiger partial charge in [0.1, 0.15) is 11.5 Å². The van der Waals surface area contributed by atoms with Gasteiger partial charge in [-0.3, -0.25) is 4.57 Å². The maximum atomic E-state index is 13.1. The average Bonchev–Trinajstić information content (AvgIpc) is 2.83. The summed E-state index contributed by atoms with van der Waals surface area (Å²) in [5, 5.41) is 2.26. The van der Waals surface area contributed by atoms with Crippen LogP contribution in [0, 0.1) is 5.82 Å². The van der Waals surface area contributed by atoms with Crippen LogP contribution in [0.15, 0.2) is 66.9 Å². The van der Waals surface area contributed by atoms with E-state index >= 15 is 0 Å². The smallest absolute Gasteiger partial charge is 0.145 e. The first-order chi connectivity index (χ1) is 9.84. The van der Waals surface area contributed by atoms with E-state index in [2.05, 4.69) is 27.8 Å². The third kappa shape index (κ3) is 1.53. The summed E-state index contributed by atoms with van der Waals surface area (Å²) in [6.45, 7) is 0. The molecule has 0 saturated heterocycles. The fourth-order valence-corrected chi connectivity index (χ4v) is 2.65. The lowest BCUT2D eigenvalue weighted by molar-refractivity contribution is 0.627. The van der Waals surface area contributed by atoms with E-state index in [4.69, 9.17) is 0 Å². The van der Waals surface area contributed by atoms with Crippen molar-refractivity contribution in [2.45, 2.75) is 0 Å². The predicted molar refractivity (Wildman–Crippen MR) is 78.5 cm³/mol. The van der Waals surface area contributed by atoms with Crippen LogP contribution in [0.4, 0.5) is 4.39 Å². The van der Waals surface area contributed by atoms with Gasteiger partial charge in [0.25, 0.3) is 0 Å². The van der Waals surface area contributed by atoms with Gasteiger partial charge in [-0.05, 0) is 42.5 Å². The monoisotopic (exact) mass is 262 g/mol. The Morgan fingerprint density at radius 2 is 1.55 bits per heavy atom. The Kier molecular flexibility index (Phi) is 2.33. The molecule has 0 aliphatic rings. The molecule has 4 rings (SSSR count). The van der Waals surface area contributed by atoms with Crippen molar-refractivity contribution in [3.63, 3.8) is 0 Å². The quantitative estimate of drug-likeness (QED) is 0.499. The van der Waals surface area contributed by atoms with E-state index in [1.807, 2.05) is 18.2 Å². The highest BCUT2D eigenvalue weighted by molar-refractivity contribution is 6.07. The zero-order valence-electron chi connectivity index (χ0n) is 10.6. The maximum absolute atomic E-state index is 13.1. The van der Waals surface area contributed by atoms with Crippen LogP contribution in [-0.4, -0.2) is 9.55 Å². The number of halogens is 1. The van der Waals surface area contributed by atoms with Gasteiger partial charge in [-0.1, -0.05) is 18.2 Å². The van der Waals surface area contributed by atoms with Crippen molar-refractivity contribution in [3.8, 4) is 5.69 Å². The Bertz CT molecular complexity index is 854. The summed E-state index contributed by atoms with van der Waals surface area (Å²) < 4.78 is 15.2. The van der Waals surface area contributed by atoms with Crippen LogP contribution in [0.25, 0.3) is 27.6 Å². The number of fused-ring (bicyclic) bond motifs is 3. The summed E-state index contributed by atoms with van der Waals surface area (Å²) >= 11 is 0. The van der Waals surface area contributed by atoms with Crippen molar-refractivity contribution in [3.05, 3.63) is 72.7 Å². The number of para-hydroxylation sites is 1. The molecule has 0 spiro atoms. The van der Waals surface area contributed by atoms with E-state index in [-0.39, 0.29) is 5.82 Å². The predicted octanol–water partition coefficient (Wildman–Crippen LogP) is 4.32. The lowest BCUT2D eigenvalue weighted by Crippen LogP contribution is -1.95. The van der Waals surface area contributed by atoms with Gasteiger partial charge in [0.15, 0.2) is 0 Å². The molecule has 0 radical (unpaired) electrons. The lowest BCUT2D eigenvalue weighted by Gasteiger charge is -2.06. The molecule has 2 heterocycles. The minimum atomic E-state index is -0.234. The third-order valence-corrected chi connectivity index (χ3v) is 3.52. The summed E-state index contributed by atoms with van der Waals surface area (Å²) in [6.07, 6.45) is 1.78. The Labute approximate surface area is 115 Å². The molecule has 0 amide bonds. The lowest BCUT2D eigenvalue weighted by atomic mass is 10.2. The molecule has 0 fully saturated rings. The Morgan fingerprint density at radius 1 is 0.800 bits per heavy atom. The van der Waals surface area contributed by atoms with E-state index in [0.717, 1.165) is 27.6 Å². The van der Waals surface area contributed by atoms with Crippen LogP contribution in [-0.2, 0) is 0 Å². The van der Waals surface area contributed by atoms with Crippen molar-refractivity contribution < 1.29 is 4.39 Å². The number of nitrogens with zero attached hydrogens (tertiary/aromatic N) is 2. The van der Waals surface area contributed by atoms with Crippen LogP contribution >= 0.6 is 0 Å². The Morgan fingerprint density at radius 3 is 2.40 bits per heavy atom. The maximum Gasteiger partial charge on any atom is 0.145 e. The van der Waals surface area contributed by atoms with E-state index in [0.29, 0.717) is 0 Å². The molecule has 2 aromatic carbocycles. The van der Waals surface area contributed by atoms with E-state index in [9.17, 15) is 4.39 Å². The van der Waals surface area contributed by atoms with Gasteiger partial charge in [-0.2, -0.15) is 0 Å². The van der Waals surface area contributed by atoms with E-state index in [1.165, 1.54) is 12.1 Å². The van der Waals surface area contributed by atoms with Crippen molar-refractivity contribution in [2.24, 2.45) is 0 Å². The minimum Gasteiger partial charge on any atom is -0.294 e. The zero-order valence-corrected chi connectivity index (χ0v) is 10.6. The van der Waals surface area contributed by atoms with Gasteiger partial charge >= 0.3 is 0 Å². The molecule has 0 aliphatic carbocycles. The summed E-state index contributed by atoms with van der Waals surface area (Å²) in [5.41, 5.74) is 2.88. The third-order valence-electron chi connectivity index (χ3n) is 3.52. The molecule has 20 heavy (non-hydrogen) atoms. The number of hydrogen-bond acceptors (Lipinski definition) is 1. The van der Waals surface area contributed by atoms with Gasteiger partial charge in [0.2, 0.25) is 0 Å². The number of hydrogen-bond donors (Lipinski definition) is 0. The van der Waals surface area contributed by atoms with Crippen LogP contribution in [0.5, 0.6) is 0 Å². The first-order valence-electron chi connectivity index (χ1n) is 6.45. The fraction of sp³-hybridized carbons (Fsp3) is 0. The van der Waals surface area contributed by atoms with Gasteiger partial charge in [-0.25, -0.2) is 9.37 Å². The summed E-state index contributed by atoms with van der Waals surface area (Å²) in [6, 6.07) is 18.6. The largest absolute Gasteiger partial charge is 0.294 e. The van der Waals surface area contributed by atoms with E-state index in [1.54, 1.807) is 18.3 Å². The van der Waals surface area contributed by atoms with Gasteiger partial charge < -0.3 is 0 Å². The van der Waals surface area contributed by atoms with Crippen molar-refractivity contribution in [1.82, 2.24) is 9.55 Å². The van der Waals surface area contributed by atoms with Crippen LogP contribution < -0.4 is 0 Å². The molecule has 4 aromatic rings. The molecule has 96 valence electrons. The molecule has 0 aliphatic heterocycles. The summed E-state index contributed by atoms with van der Waals surface area (Å²) in [4.78, 5) is 4.49. The SMILES string of the molecule is Fc1ccc(-n2c3ccccc3c3cccnc32)cc1. The normalized spacial score (nSPS) is 11.2. The molecule has 0 N–H and O–H groups in total. The molecule has 0 bridgehead atoms. The fourth-order valence-electron chi connectivity index (χ4n) is 2.65.